The van der Waals surface area contributed by atoms with E-state index in [2.05, 4.69) is 5.32 Å². The van der Waals surface area contributed by atoms with Crippen LogP contribution in [0.2, 0.25) is 0 Å². The number of rotatable bonds is 38. The Hall–Kier alpha value is -5.11. The van der Waals surface area contributed by atoms with E-state index < -0.39 is 48.3 Å². The van der Waals surface area contributed by atoms with Gasteiger partial charge in [-0.05, 0) is 48.6 Å². The number of alkyl carbamates (subject to hydrolysis) is 1. The molecule has 5 aromatic carbocycles. The molecule has 5 rings (SSSR count). The summed E-state index contributed by atoms with van der Waals surface area (Å²) < 4.78 is 68.1. The molecule has 0 bridgehead atoms. The standard InChI is InChI=1S/C58H78N2O13/c1-58(2,3)73-57(62)60-30-52(68-31-46-19-9-4-10-20-46)37-64-39-54(70-33-48-23-13-6-14-24-48)41-66-43-56(72-35-50-27-17-8-18-28-50)45-67-44-55(71-34-49-25-15-7-16-26-49)42-65-40-53(38-63-36-51(61)29-59)69-32-47-21-11-5-12-22-47/h4-28,51-56,61H,29-45,59H2,1-3H3,(H,60,62). The van der Waals surface area contributed by atoms with Gasteiger partial charge in [-0.3, -0.25) is 0 Å². The molecule has 0 fully saturated rings. The average molecular weight is 1010 g/mol. The first-order chi connectivity index (χ1) is 35.6. The number of ether oxygens (including phenoxy) is 11. The molecule has 6 atom stereocenters. The van der Waals surface area contributed by atoms with Gasteiger partial charge in [0.2, 0.25) is 0 Å². The first-order valence-electron chi connectivity index (χ1n) is 25.1. The number of benzene rings is 5. The van der Waals surface area contributed by atoms with Gasteiger partial charge >= 0.3 is 6.09 Å². The van der Waals surface area contributed by atoms with Crippen LogP contribution in [-0.2, 0) is 85.1 Å². The fourth-order valence-corrected chi connectivity index (χ4v) is 6.92. The van der Waals surface area contributed by atoms with Crippen LogP contribution in [0.15, 0.2) is 152 Å². The molecule has 0 aliphatic carbocycles. The quantitative estimate of drug-likeness (QED) is 0.0349. The third kappa shape index (κ3) is 27.1. The number of hydrogen-bond donors (Lipinski definition) is 3. The first-order valence-corrected chi connectivity index (χ1v) is 25.1. The van der Waals surface area contributed by atoms with Gasteiger partial charge in [0.15, 0.2) is 0 Å². The Morgan fingerprint density at radius 2 is 0.671 bits per heavy atom. The second-order valence-corrected chi connectivity index (χ2v) is 18.6. The lowest BCUT2D eigenvalue weighted by atomic mass is 10.2. The summed E-state index contributed by atoms with van der Waals surface area (Å²) in [5, 5.41) is 12.8. The van der Waals surface area contributed by atoms with E-state index in [4.69, 9.17) is 57.8 Å². The largest absolute Gasteiger partial charge is 0.444 e. The molecule has 0 aliphatic rings. The Kier molecular flexibility index (Phi) is 28.3. The van der Waals surface area contributed by atoms with Gasteiger partial charge in [0.1, 0.15) is 30.0 Å². The number of carbonyl (C=O) groups is 1. The van der Waals surface area contributed by atoms with Crippen LogP contribution >= 0.6 is 0 Å². The second kappa shape index (κ2) is 35.2. The molecule has 1 amide bonds. The lowest BCUT2D eigenvalue weighted by Crippen LogP contribution is -2.40. The van der Waals surface area contributed by atoms with E-state index in [1.54, 1.807) is 0 Å². The lowest BCUT2D eigenvalue weighted by molar-refractivity contribution is -0.124. The topological polar surface area (TPSA) is 177 Å². The highest BCUT2D eigenvalue weighted by Gasteiger charge is 2.22. The number of amides is 1. The zero-order valence-corrected chi connectivity index (χ0v) is 42.8. The van der Waals surface area contributed by atoms with Gasteiger partial charge in [0.05, 0.1) is 111 Å². The molecule has 0 aromatic heterocycles. The molecule has 15 nitrogen and oxygen atoms in total. The van der Waals surface area contributed by atoms with E-state index >= 15 is 0 Å². The average Bonchev–Trinajstić information content (AvgIpc) is 3.41. The molecule has 0 spiro atoms. The Labute approximate surface area is 432 Å². The molecule has 5 aromatic rings. The SMILES string of the molecule is CC(C)(C)OC(=O)NCC(COCC(COCC(COCC(COCC(COCC(O)CN)OCc1ccccc1)OCc1ccccc1)OCc1ccccc1)OCc1ccccc1)OCc1ccccc1. The summed E-state index contributed by atoms with van der Waals surface area (Å²) in [5.41, 5.74) is 10.00. The Morgan fingerprint density at radius 1 is 0.425 bits per heavy atom. The van der Waals surface area contributed by atoms with Crippen molar-refractivity contribution in [3.8, 4) is 0 Å². The molecular formula is C58H78N2O13. The van der Waals surface area contributed by atoms with Gasteiger partial charge in [-0.2, -0.15) is 0 Å². The van der Waals surface area contributed by atoms with Gasteiger partial charge in [-0.1, -0.05) is 152 Å². The molecule has 15 heteroatoms. The Balaban J connectivity index is 1.20. The monoisotopic (exact) mass is 1010 g/mol. The van der Waals surface area contributed by atoms with Crippen LogP contribution in [0.1, 0.15) is 48.6 Å². The minimum Gasteiger partial charge on any atom is -0.444 e. The molecule has 73 heavy (non-hydrogen) atoms. The minimum atomic E-state index is -0.769. The van der Waals surface area contributed by atoms with Crippen molar-refractivity contribution in [3.63, 3.8) is 0 Å². The molecule has 0 radical (unpaired) electrons. The van der Waals surface area contributed by atoms with Crippen molar-refractivity contribution in [1.82, 2.24) is 5.32 Å². The predicted molar refractivity (Wildman–Crippen MR) is 278 cm³/mol. The molecule has 0 saturated carbocycles. The van der Waals surface area contributed by atoms with E-state index in [9.17, 15) is 9.90 Å². The van der Waals surface area contributed by atoms with E-state index in [0.717, 1.165) is 27.8 Å². The van der Waals surface area contributed by atoms with E-state index in [-0.39, 0.29) is 79.2 Å². The van der Waals surface area contributed by atoms with Crippen molar-refractivity contribution in [2.24, 2.45) is 5.73 Å². The van der Waals surface area contributed by atoms with Crippen LogP contribution < -0.4 is 11.1 Å². The lowest BCUT2D eigenvalue weighted by Gasteiger charge is -2.25. The van der Waals surface area contributed by atoms with Crippen molar-refractivity contribution >= 4 is 6.09 Å². The predicted octanol–water partition coefficient (Wildman–Crippen LogP) is 7.84. The van der Waals surface area contributed by atoms with Crippen LogP contribution in [0.3, 0.4) is 0 Å². The van der Waals surface area contributed by atoms with Crippen molar-refractivity contribution in [3.05, 3.63) is 179 Å². The van der Waals surface area contributed by atoms with Gasteiger partial charge in [0, 0.05) is 13.1 Å². The smallest absolute Gasteiger partial charge is 0.407 e. The number of aliphatic hydroxyl groups is 1. The number of aliphatic hydroxyl groups excluding tert-OH is 1. The van der Waals surface area contributed by atoms with Crippen molar-refractivity contribution < 1.29 is 62.0 Å². The summed E-state index contributed by atoms with van der Waals surface area (Å²) in [7, 11) is 0. The van der Waals surface area contributed by atoms with Gasteiger partial charge in [0.25, 0.3) is 0 Å². The summed E-state index contributed by atoms with van der Waals surface area (Å²) in [4.78, 5) is 12.6. The van der Waals surface area contributed by atoms with Crippen molar-refractivity contribution in [1.29, 1.82) is 0 Å². The number of hydrogen-bond acceptors (Lipinski definition) is 14. The van der Waals surface area contributed by atoms with Crippen LogP contribution in [0.25, 0.3) is 0 Å². The molecule has 0 aliphatic heterocycles. The van der Waals surface area contributed by atoms with Crippen LogP contribution in [0.5, 0.6) is 0 Å². The molecule has 398 valence electrons. The van der Waals surface area contributed by atoms with Crippen LogP contribution in [-0.4, -0.2) is 133 Å². The highest BCUT2D eigenvalue weighted by atomic mass is 16.6. The first kappa shape index (κ1) is 58.8. The summed E-state index contributed by atoms with van der Waals surface area (Å²) in [6, 6.07) is 49.5. The number of nitrogens with one attached hydrogen (secondary N) is 1. The molecule has 4 N–H and O–H groups in total. The van der Waals surface area contributed by atoms with Gasteiger partial charge < -0.3 is 68.3 Å². The second-order valence-electron chi connectivity index (χ2n) is 18.6. The summed E-state index contributed by atoms with van der Waals surface area (Å²) >= 11 is 0. The fraction of sp³-hybridized carbons (Fsp3) is 0.466. The highest BCUT2D eigenvalue weighted by molar-refractivity contribution is 5.67. The maximum atomic E-state index is 12.6. The number of nitrogens with two attached hydrogens (primary N) is 1. The zero-order chi connectivity index (χ0) is 51.6. The van der Waals surface area contributed by atoms with Crippen molar-refractivity contribution in [2.75, 3.05) is 79.2 Å². The van der Waals surface area contributed by atoms with Gasteiger partial charge in [-0.25, -0.2) is 4.79 Å². The number of carbonyl (C=O) groups excluding carboxylic acids is 1. The normalized spacial score (nSPS) is 14.2. The van der Waals surface area contributed by atoms with Gasteiger partial charge in [-0.15, -0.1) is 0 Å². The van der Waals surface area contributed by atoms with E-state index in [1.807, 2.05) is 172 Å². The Morgan fingerprint density at radius 3 is 0.932 bits per heavy atom. The minimum absolute atomic E-state index is 0.0901. The molecule has 0 saturated heterocycles. The maximum Gasteiger partial charge on any atom is 0.407 e. The van der Waals surface area contributed by atoms with Crippen molar-refractivity contribution in [2.45, 2.75) is 96.0 Å². The van der Waals surface area contributed by atoms with E-state index in [1.165, 1.54) is 0 Å². The maximum absolute atomic E-state index is 12.6. The van der Waals surface area contributed by atoms with Crippen LogP contribution in [0, 0.1) is 0 Å². The summed E-state index contributed by atoms with van der Waals surface area (Å²) in [6.45, 7) is 9.39. The molecule has 6 unspecified atom stereocenters. The summed E-state index contributed by atoms with van der Waals surface area (Å²) in [5.74, 6) is 0. The fourth-order valence-electron chi connectivity index (χ4n) is 6.92. The zero-order valence-electron chi connectivity index (χ0n) is 42.8. The Bertz CT molecular complexity index is 2120. The third-order valence-electron chi connectivity index (χ3n) is 10.8. The molecular weight excluding hydrogens is 933 g/mol. The highest BCUT2D eigenvalue weighted by Crippen LogP contribution is 2.13. The van der Waals surface area contributed by atoms with E-state index in [0.29, 0.717) is 33.0 Å². The third-order valence-corrected chi connectivity index (χ3v) is 10.8. The summed E-state index contributed by atoms with van der Waals surface area (Å²) in [6.07, 6.45) is -3.57. The van der Waals surface area contributed by atoms with Crippen LogP contribution in [0.4, 0.5) is 4.79 Å². The molecule has 0 heterocycles.